The fourth-order valence-electron chi connectivity index (χ4n) is 2.57. The van der Waals surface area contributed by atoms with Crippen LogP contribution in [0.5, 0.6) is 5.75 Å². The summed E-state index contributed by atoms with van der Waals surface area (Å²) in [6, 6.07) is 14.0. The van der Waals surface area contributed by atoms with Crippen LogP contribution in [0.4, 0.5) is 36.2 Å². The molecule has 0 amide bonds. The van der Waals surface area contributed by atoms with Crippen LogP contribution in [0.3, 0.4) is 0 Å². The molecule has 0 radical (unpaired) electrons. The van der Waals surface area contributed by atoms with E-state index < -0.39 is 11.7 Å². The van der Waals surface area contributed by atoms with E-state index in [0.29, 0.717) is 29.8 Å². The van der Waals surface area contributed by atoms with Crippen LogP contribution in [0.15, 0.2) is 54.6 Å². The zero-order valence-corrected chi connectivity index (χ0v) is 15.3. The molecule has 2 aromatic carbocycles. The molecule has 0 aliphatic rings. The minimum atomic E-state index is -4.40. The maximum Gasteiger partial charge on any atom is 0.416 e. The smallest absolute Gasteiger partial charge is 0.416 e. The van der Waals surface area contributed by atoms with Crippen LogP contribution in [-0.4, -0.2) is 16.6 Å². The van der Waals surface area contributed by atoms with Gasteiger partial charge in [-0.2, -0.15) is 13.2 Å². The van der Waals surface area contributed by atoms with Crippen molar-refractivity contribution in [2.75, 3.05) is 17.2 Å². The molecule has 0 spiro atoms. The lowest BCUT2D eigenvalue weighted by molar-refractivity contribution is -0.137. The summed E-state index contributed by atoms with van der Waals surface area (Å²) in [5.41, 5.74) is 0.363. The van der Waals surface area contributed by atoms with Gasteiger partial charge in [0.25, 0.3) is 0 Å². The Bertz CT molecular complexity index is 943. The fourth-order valence-corrected chi connectivity index (χ4v) is 2.57. The average molecular weight is 388 g/mol. The molecular weight excluding hydrogens is 369 g/mol. The highest BCUT2D eigenvalue weighted by molar-refractivity contribution is 5.64. The molecule has 5 nitrogen and oxygen atoms in total. The molecule has 146 valence electrons. The molecule has 0 saturated carbocycles. The Balaban J connectivity index is 1.78. The molecule has 1 heterocycles. The predicted octanol–water partition coefficient (Wildman–Crippen LogP) is 5.69. The lowest BCUT2D eigenvalue weighted by Gasteiger charge is -2.12. The number of benzene rings is 2. The highest BCUT2D eigenvalue weighted by Gasteiger charge is 2.30. The van der Waals surface area contributed by atoms with E-state index in [1.807, 2.05) is 31.2 Å². The molecule has 0 atom stereocenters. The molecule has 0 fully saturated rings. The van der Waals surface area contributed by atoms with Gasteiger partial charge in [-0.3, -0.25) is 0 Å². The number of rotatable bonds is 6. The van der Waals surface area contributed by atoms with Gasteiger partial charge in [0.15, 0.2) is 0 Å². The molecule has 28 heavy (non-hydrogen) atoms. The molecular formula is C20H19F3N4O. The Morgan fingerprint density at radius 2 is 1.54 bits per heavy atom. The van der Waals surface area contributed by atoms with Crippen molar-refractivity contribution in [2.45, 2.75) is 20.0 Å². The van der Waals surface area contributed by atoms with E-state index >= 15 is 0 Å². The SMILES string of the molecule is CCOc1ccc(Nc2cc(Nc3cccc(C(F)(F)F)c3)nc(C)n2)cc1. The summed E-state index contributed by atoms with van der Waals surface area (Å²) in [6.07, 6.45) is -4.40. The molecule has 0 saturated heterocycles. The Kier molecular flexibility index (Phi) is 5.67. The van der Waals surface area contributed by atoms with Crippen molar-refractivity contribution >= 4 is 23.0 Å². The van der Waals surface area contributed by atoms with E-state index in [0.717, 1.165) is 23.6 Å². The van der Waals surface area contributed by atoms with Crippen LogP contribution in [0, 0.1) is 6.92 Å². The minimum Gasteiger partial charge on any atom is -0.494 e. The van der Waals surface area contributed by atoms with Gasteiger partial charge in [-0.15, -0.1) is 0 Å². The van der Waals surface area contributed by atoms with E-state index in [4.69, 9.17) is 4.74 Å². The minimum absolute atomic E-state index is 0.292. The summed E-state index contributed by atoms with van der Waals surface area (Å²) >= 11 is 0. The topological polar surface area (TPSA) is 59.1 Å². The summed E-state index contributed by atoms with van der Waals surface area (Å²) in [6.45, 7) is 4.21. The third kappa shape index (κ3) is 5.12. The van der Waals surface area contributed by atoms with Crippen molar-refractivity contribution in [1.29, 1.82) is 0 Å². The zero-order valence-electron chi connectivity index (χ0n) is 15.3. The number of ether oxygens (including phenoxy) is 1. The van der Waals surface area contributed by atoms with Crippen molar-refractivity contribution in [3.05, 3.63) is 66.0 Å². The number of hydrogen-bond donors (Lipinski definition) is 2. The van der Waals surface area contributed by atoms with Gasteiger partial charge in [-0.25, -0.2) is 9.97 Å². The molecule has 3 aromatic rings. The van der Waals surface area contributed by atoms with E-state index in [-0.39, 0.29) is 0 Å². The molecule has 3 rings (SSSR count). The summed E-state index contributed by atoms with van der Waals surface area (Å²) in [5, 5.41) is 6.05. The van der Waals surface area contributed by atoms with E-state index in [1.54, 1.807) is 19.1 Å². The fraction of sp³-hybridized carbons (Fsp3) is 0.200. The third-order valence-electron chi connectivity index (χ3n) is 3.74. The van der Waals surface area contributed by atoms with Crippen molar-refractivity contribution in [2.24, 2.45) is 0 Å². The molecule has 1 aromatic heterocycles. The van der Waals surface area contributed by atoms with Gasteiger partial charge < -0.3 is 15.4 Å². The number of anilines is 4. The van der Waals surface area contributed by atoms with Gasteiger partial charge in [0.2, 0.25) is 0 Å². The molecule has 8 heteroatoms. The van der Waals surface area contributed by atoms with Gasteiger partial charge in [-0.05, 0) is 56.3 Å². The van der Waals surface area contributed by atoms with Crippen LogP contribution in [-0.2, 0) is 6.18 Å². The number of hydrogen-bond acceptors (Lipinski definition) is 5. The number of aromatic nitrogens is 2. The van der Waals surface area contributed by atoms with Crippen LogP contribution in [0.1, 0.15) is 18.3 Å². The largest absolute Gasteiger partial charge is 0.494 e. The summed E-state index contributed by atoms with van der Waals surface area (Å²) in [7, 11) is 0. The van der Waals surface area contributed by atoms with E-state index in [9.17, 15) is 13.2 Å². The number of nitrogens with one attached hydrogen (secondary N) is 2. The first-order valence-electron chi connectivity index (χ1n) is 8.63. The highest BCUT2D eigenvalue weighted by Crippen LogP contribution is 2.31. The Morgan fingerprint density at radius 3 is 2.14 bits per heavy atom. The van der Waals surface area contributed by atoms with Crippen molar-refractivity contribution in [3.63, 3.8) is 0 Å². The first kappa shape index (κ1) is 19.5. The second kappa shape index (κ2) is 8.16. The molecule has 0 aliphatic heterocycles. The standard InChI is InChI=1S/C20H19F3N4O/c1-3-28-17-9-7-15(8-10-17)26-18-12-19(25-13(2)24-18)27-16-6-4-5-14(11-16)20(21,22)23/h4-12H,3H2,1-2H3,(H2,24,25,26,27). The summed E-state index contributed by atoms with van der Waals surface area (Å²) in [4.78, 5) is 8.55. The van der Waals surface area contributed by atoms with Crippen LogP contribution < -0.4 is 15.4 Å². The monoisotopic (exact) mass is 388 g/mol. The van der Waals surface area contributed by atoms with Crippen molar-refractivity contribution in [1.82, 2.24) is 9.97 Å². The first-order valence-corrected chi connectivity index (χ1v) is 8.63. The number of aryl methyl sites for hydroxylation is 1. The quantitative estimate of drug-likeness (QED) is 0.568. The third-order valence-corrected chi connectivity index (χ3v) is 3.74. The second-order valence-electron chi connectivity index (χ2n) is 5.97. The highest BCUT2D eigenvalue weighted by atomic mass is 19.4. The molecule has 0 bridgehead atoms. The number of nitrogens with zero attached hydrogens (tertiary/aromatic N) is 2. The van der Waals surface area contributed by atoms with Gasteiger partial charge in [0.1, 0.15) is 23.2 Å². The number of halogens is 3. The predicted molar refractivity (Wildman–Crippen MR) is 102 cm³/mol. The molecule has 2 N–H and O–H groups in total. The molecule has 0 aliphatic carbocycles. The zero-order chi connectivity index (χ0) is 20.1. The maximum atomic E-state index is 12.9. The Hall–Kier alpha value is -3.29. The van der Waals surface area contributed by atoms with Crippen LogP contribution >= 0.6 is 0 Å². The van der Waals surface area contributed by atoms with Crippen molar-refractivity contribution < 1.29 is 17.9 Å². The second-order valence-corrected chi connectivity index (χ2v) is 5.97. The molecule has 0 unspecified atom stereocenters. The average Bonchev–Trinajstić information content (AvgIpc) is 2.63. The van der Waals surface area contributed by atoms with E-state index in [2.05, 4.69) is 20.6 Å². The van der Waals surface area contributed by atoms with Gasteiger partial charge >= 0.3 is 6.18 Å². The number of alkyl halides is 3. The Labute approximate surface area is 160 Å². The van der Waals surface area contributed by atoms with Gasteiger partial charge in [0, 0.05) is 17.4 Å². The van der Waals surface area contributed by atoms with Crippen LogP contribution in [0.25, 0.3) is 0 Å². The first-order chi connectivity index (χ1) is 13.3. The maximum absolute atomic E-state index is 12.9. The normalized spacial score (nSPS) is 11.2. The van der Waals surface area contributed by atoms with Crippen molar-refractivity contribution in [3.8, 4) is 5.75 Å². The lowest BCUT2D eigenvalue weighted by atomic mass is 10.2. The van der Waals surface area contributed by atoms with E-state index in [1.165, 1.54) is 6.07 Å². The Morgan fingerprint density at radius 1 is 0.893 bits per heavy atom. The van der Waals surface area contributed by atoms with Gasteiger partial charge in [-0.1, -0.05) is 6.07 Å². The van der Waals surface area contributed by atoms with Crippen LogP contribution in [0.2, 0.25) is 0 Å². The van der Waals surface area contributed by atoms with Gasteiger partial charge in [0.05, 0.1) is 12.2 Å². The lowest BCUT2D eigenvalue weighted by Crippen LogP contribution is -2.06. The summed E-state index contributed by atoms with van der Waals surface area (Å²) in [5.74, 6) is 2.15. The summed E-state index contributed by atoms with van der Waals surface area (Å²) < 4.78 is 44.1.